The topological polar surface area (TPSA) is 30.0 Å². The van der Waals surface area contributed by atoms with Gasteiger partial charge < -0.3 is 0 Å². The molecule has 0 fully saturated rings. The molecular weight excluding hydrogens is 176 g/mol. The molecule has 0 N–H and O–H groups in total. The SMILES string of the molecule is O=Cc1cc(F)nc(F)c1Cl. The van der Waals surface area contributed by atoms with Gasteiger partial charge in [0.15, 0.2) is 6.29 Å². The lowest BCUT2D eigenvalue weighted by molar-refractivity contribution is 0.112. The summed E-state index contributed by atoms with van der Waals surface area (Å²) in [5.74, 6) is -2.23. The van der Waals surface area contributed by atoms with Gasteiger partial charge in [-0.3, -0.25) is 4.79 Å². The molecule has 5 heteroatoms. The van der Waals surface area contributed by atoms with Crippen molar-refractivity contribution in [3.8, 4) is 0 Å². The van der Waals surface area contributed by atoms with Gasteiger partial charge >= 0.3 is 0 Å². The van der Waals surface area contributed by atoms with E-state index in [1.165, 1.54) is 0 Å². The number of hydrogen-bond acceptors (Lipinski definition) is 2. The quantitative estimate of drug-likeness (QED) is 0.484. The van der Waals surface area contributed by atoms with Crippen LogP contribution in [0, 0.1) is 11.9 Å². The van der Waals surface area contributed by atoms with Gasteiger partial charge in [-0.2, -0.15) is 13.8 Å². The van der Waals surface area contributed by atoms with Crippen LogP contribution in [0.25, 0.3) is 0 Å². The van der Waals surface area contributed by atoms with E-state index in [1.807, 2.05) is 0 Å². The summed E-state index contributed by atoms with van der Waals surface area (Å²) in [7, 11) is 0. The number of halogens is 3. The molecule has 1 aromatic rings. The summed E-state index contributed by atoms with van der Waals surface area (Å²) in [6.07, 6.45) is 0.260. The van der Waals surface area contributed by atoms with E-state index in [2.05, 4.69) is 4.98 Å². The Hall–Kier alpha value is -1.03. The molecule has 58 valence electrons. The van der Waals surface area contributed by atoms with Gasteiger partial charge in [-0.15, -0.1) is 0 Å². The van der Waals surface area contributed by atoms with Crippen LogP contribution in [-0.2, 0) is 0 Å². The number of aldehydes is 1. The lowest BCUT2D eigenvalue weighted by Crippen LogP contribution is -1.94. The first-order valence-electron chi connectivity index (χ1n) is 2.62. The van der Waals surface area contributed by atoms with E-state index < -0.39 is 16.9 Å². The van der Waals surface area contributed by atoms with Crippen LogP contribution in [0.5, 0.6) is 0 Å². The van der Waals surface area contributed by atoms with E-state index >= 15 is 0 Å². The maximum absolute atomic E-state index is 12.4. The second kappa shape index (κ2) is 2.92. The predicted octanol–water partition coefficient (Wildman–Crippen LogP) is 1.83. The van der Waals surface area contributed by atoms with E-state index in [-0.39, 0.29) is 11.8 Å². The van der Waals surface area contributed by atoms with Gasteiger partial charge in [0.1, 0.15) is 5.02 Å². The van der Waals surface area contributed by atoms with Gasteiger partial charge in [-0.05, 0) is 0 Å². The minimum Gasteiger partial charge on any atom is -0.298 e. The molecule has 0 unspecified atom stereocenters. The Morgan fingerprint density at radius 2 is 2.18 bits per heavy atom. The first kappa shape index (κ1) is 8.07. The number of aromatic nitrogens is 1. The minimum atomic E-state index is -1.17. The molecule has 0 aliphatic heterocycles. The van der Waals surface area contributed by atoms with E-state index in [4.69, 9.17) is 11.6 Å². The fraction of sp³-hybridized carbons (Fsp3) is 0. The van der Waals surface area contributed by atoms with E-state index in [0.717, 1.165) is 6.07 Å². The number of carbonyl (C=O) groups is 1. The fourth-order valence-corrected chi connectivity index (χ4v) is 0.713. The number of pyridine rings is 1. The van der Waals surface area contributed by atoms with Gasteiger partial charge in [0.25, 0.3) is 0 Å². The van der Waals surface area contributed by atoms with Gasteiger partial charge in [-0.25, -0.2) is 0 Å². The minimum absolute atomic E-state index is 0.239. The highest BCUT2D eigenvalue weighted by atomic mass is 35.5. The normalized spacial score (nSPS) is 9.73. The summed E-state index contributed by atoms with van der Waals surface area (Å²) in [6, 6.07) is 0.762. The van der Waals surface area contributed by atoms with Crippen molar-refractivity contribution in [3.63, 3.8) is 0 Å². The Morgan fingerprint density at radius 1 is 1.55 bits per heavy atom. The molecule has 0 aliphatic carbocycles. The Morgan fingerprint density at radius 3 is 2.73 bits per heavy atom. The third-order valence-electron chi connectivity index (χ3n) is 1.04. The monoisotopic (exact) mass is 177 g/mol. The van der Waals surface area contributed by atoms with Crippen LogP contribution < -0.4 is 0 Å². The second-order valence-corrected chi connectivity index (χ2v) is 2.13. The van der Waals surface area contributed by atoms with Crippen molar-refractivity contribution in [1.29, 1.82) is 0 Å². The summed E-state index contributed by atoms with van der Waals surface area (Å²) < 4.78 is 24.6. The summed E-state index contributed by atoms with van der Waals surface area (Å²) in [5.41, 5.74) is -0.239. The van der Waals surface area contributed by atoms with Crippen molar-refractivity contribution in [2.24, 2.45) is 0 Å². The molecule has 11 heavy (non-hydrogen) atoms. The molecule has 0 aliphatic rings. The molecule has 1 rings (SSSR count). The Bertz CT molecular complexity index is 303. The molecular formula is C6H2ClF2NO. The summed E-state index contributed by atoms with van der Waals surface area (Å²) in [4.78, 5) is 12.8. The molecule has 0 aromatic carbocycles. The highest BCUT2D eigenvalue weighted by Gasteiger charge is 2.08. The second-order valence-electron chi connectivity index (χ2n) is 1.76. The van der Waals surface area contributed by atoms with Gasteiger partial charge in [0, 0.05) is 11.6 Å². The molecule has 0 bridgehead atoms. The number of nitrogens with zero attached hydrogens (tertiary/aromatic N) is 1. The first-order valence-corrected chi connectivity index (χ1v) is 2.99. The number of carbonyl (C=O) groups excluding carboxylic acids is 1. The zero-order valence-electron chi connectivity index (χ0n) is 5.14. The lowest BCUT2D eigenvalue weighted by atomic mass is 10.3. The van der Waals surface area contributed by atoms with Crippen LogP contribution in [0.2, 0.25) is 5.02 Å². The molecule has 1 aromatic heterocycles. The van der Waals surface area contributed by atoms with Crippen LogP contribution in [0.15, 0.2) is 6.07 Å². The molecule has 0 saturated heterocycles. The van der Waals surface area contributed by atoms with Gasteiger partial charge in [0.05, 0.1) is 0 Å². The Kier molecular flexibility index (Phi) is 2.14. The van der Waals surface area contributed by atoms with Crippen LogP contribution in [-0.4, -0.2) is 11.3 Å². The molecule has 0 radical (unpaired) electrons. The zero-order valence-corrected chi connectivity index (χ0v) is 5.90. The standard InChI is InChI=1S/C6H2ClF2NO/c7-5-3(2-11)1-4(8)10-6(5)9/h1-2H. The summed E-state index contributed by atoms with van der Waals surface area (Å²) in [5, 5.41) is -0.457. The first-order chi connectivity index (χ1) is 5.15. The van der Waals surface area contributed by atoms with Gasteiger partial charge in [0.2, 0.25) is 11.9 Å². The molecule has 2 nitrogen and oxygen atoms in total. The largest absolute Gasteiger partial charge is 0.298 e. The smallest absolute Gasteiger partial charge is 0.235 e. The van der Waals surface area contributed by atoms with Crippen molar-refractivity contribution in [1.82, 2.24) is 4.98 Å². The summed E-state index contributed by atoms with van der Waals surface area (Å²) >= 11 is 5.23. The molecule has 1 heterocycles. The maximum Gasteiger partial charge on any atom is 0.235 e. The molecule has 0 amide bonds. The van der Waals surface area contributed by atoms with Crippen molar-refractivity contribution in [2.45, 2.75) is 0 Å². The average Bonchev–Trinajstić information content (AvgIpc) is 1.96. The zero-order chi connectivity index (χ0) is 8.43. The van der Waals surface area contributed by atoms with Crippen LogP contribution in [0.4, 0.5) is 8.78 Å². The highest BCUT2D eigenvalue weighted by Crippen LogP contribution is 2.16. The van der Waals surface area contributed by atoms with Gasteiger partial charge in [-0.1, -0.05) is 11.6 Å². The van der Waals surface area contributed by atoms with Crippen molar-refractivity contribution in [3.05, 3.63) is 28.5 Å². The third kappa shape index (κ3) is 1.51. The molecule has 0 atom stereocenters. The molecule has 0 saturated carbocycles. The van der Waals surface area contributed by atoms with Crippen molar-refractivity contribution < 1.29 is 13.6 Å². The third-order valence-corrected chi connectivity index (χ3v) is 1.42. The Balaban J connectivity index is 3.35. The van der Waals surface area contributed by atoms with E-state index in [0.29, 0.717) is 0 Å². The lowest BCUT2D eigenvalue weighted by Gasteiger charge is -1.95. The summed E-state index contributed by atoms with van der Waals surface area (Å²) in [6.45, 7) is 0. The van der Waals surface area contributed by atoms with Crippen LogP contribution >= 0.6 is 11.6 Å². The number of hydrogen-bond donors (Lipinski definition) is 0. The highest BCUT2D eigenvalue weighted by molar-refractivity contribution is 6.32. The van der Waals surface area contributed by atoms with E-state index in [9.17, 15) is 13.6 Å². The van der Waals surface area contributed by atoms with E-state index in [1.54, 1.807) is 0 Å². The fourth-order valence-electron chi connectivity index (χ4n) is 0.572. The predicted molar refractivity (Wildman–Crippen MR) is 34.6 cm³/mol. The van der Waals surface area contributed by atoms with Crippen LogP contribution in [0.1, 0.15) is 10.4 Å². The van der Waals surface area contributed by atoms with Crippen molar-refractivity contribution in [2.75, 3.05) is 0 Å². The molecule has 0 spiro atoms. The maximum atomic E-state index is 12.4. The Labute approximate surface area is 65.8 Å². The van der Waals surface area contributed by atoms with Crippen molar-refractivity contribution >= 4 is 17.9 Å². The van der Waals surface area contributed by atoms with Crippen LogP contribution in [0.3, 0.4) is 0 Å². The number of rotatable bonds is 1. The average molecular weight is 178 g/mol.